The zero-order valence-corrected chi connectivity index (χ0v) is 9.77. The average molecular weight is 277 g/mol. The van der Waals surface area contributed by atoms with Crippen molar-refractivity contribution in [1.82, 2.24) is 0 Å². The van der Waals surface area contributed by atoms with Crippen LogP contribution in [0.25, 0.3) is 0 Å². The molecule has 5 heteroatoms. The van der Waals surface area contributed by atoms with E-state index in [0.717, 1.165) is 12.8 Å². The first-order chi connectivity index (χ1) is 7.14. The summed E-state index contributed by atoms with van der Waals surface area (Å²) in [6, 6.07) is 0. The summed E-state index contributed by atoms with van der Waals surface area (Å²) in [5.41, 5.74) is 0. The van der Waals surface area contributed by atoms with Gasteiger partial charge in [-0.05, 0) is 12.3 Å². The number of carbonyl (C=O) groups is 1. The quantitative estimate of drug-likeness (QED) is 0.732. The Bertz CT molecular complexity index is 300. The Hall–Kier alpha value is -0.130. The molecule has 0 aromatic carbocycles. The fourth-order valence-electron chi connectivity index (χ4n) is 3.43. The molecule has 3 aliphatic rings. The standard InChI is InChI=1S/C10H13BrO4/c11-7-3-6-8(9(12)13)5(7)4-10(6)14-1-2-15-10/h5-8H,1-4H2,(H,12,13)/t5-,6+,7+,8-/m0/s1. The number of carboxylic acid groups (broad SMARTS) is 1. The molecule has 1 spiro atoms. The first-order valence-corrected chi connectivity index (χ1v) is 6.20. The number of carboxylic acids is 1. The minimum Gasteiger partial charge on any atom is -0.481 e. The molecule has 84 valence electrons. The summed E-state index contributed by atoms with van der Waals surface area (Å²) in [6.07, 6.45) is 1.58. The molecule has 2 aliphatic carbocycles. The van der Waals surface area contributed by atoms with E-state index in [0.29, 0.717) is 18.0 Å². The second-order valence-corrected chi connectivity index (χ2v) is 5.78. The van der Waals surface area contributed by atoms with Gasteiger partial charge in [-0.3, -0.25) is 4.79 Å². The van der Waals surface area contributed by atoms with Crippen molar-refractivity contribution in [2.24, 2.45) is 17.8 Å². The van der Waals surface area contributed by atoms with E-state index in [1.54, 1.807) is 0 Å². The molecule has 3 rings (SSSR count). The lowest BCUT2D eigenvalue weighted by atomic mass is 9.93. The van der Waals surface area contributed by atoms with Gasteiger partial charge >= 0.3 is 5.97 Å². The number of hydrogen-bond acceptors (Lipinski definition) is 3. The number of fused-ring (bicyclic) bond motifs is 3. The molecule has 0 unspecified atom stereocenters. The highest BCUT2D eigenvalue weighted by atomic mass is 79.9. The maximum absolute atomic E-state index is 11.2. The SMILES string of the molecule is O=C(O)[C@H]1[C@H]2CC3(OCCO3)[C@@H]1C[C@H]2Br. The minimum atomic E-state index is -0.706. The zero-order chi connectivity index (χ0) is 10.6. The summed E-state index contributed by atoms with van der Waals surface area (Å²) in [5.74, 6) is -1.40. The molecule has 0 radical (unpaired) electrons. The van der Waals surface area contributed by atoms with E-state index in [1.807, 2.05) is 0 Å². The zero-order valence-electron chi connectivity index (χ0n) is 8.19. The average Bonchev–Trinajstić information content (AvgIpc) is 2.81. The Morgan fingerprint density at radius 1 is 1.40 bits per heavy atom. The number of aliphatic carboxylic acids is 1. The van der Waals surface area contributed by atoms with Gasteiger partial charge in [-0.2, -0.15) is 0 Å². The molecule has 1 heterocycles. The third-order valence-electron chi connectivity index (χ3n) is 3.98. The molecular formula is C10H13BrO4. The second-order valence-electron chi connectivity index (χ2n) is 4.60. The molecule has 2 bridgehead atoms. The molecule has 0 amide bonds. The Labute approximate surface area is 96.1 Å². The van der Waals surface area contributed by atoms with Crippen molar-refractivity contribution < 1.29 is 19.4 Å². The maximum atomic E-state index is 11.2. The third kappa shape index (κ3) is 1.23. The van der Waals surface area contributed by atoms with E-state index in [1.165, 1.54) is 0 Å². The lowest BCUT2D eigenvalue weighted by molar-refractivity contribution is -0.194. The van der Waals surface area contributed by atoms with E-state index < -0.39 is 11.8 Å². The molecule has 1 N–H and O–H groups in total. The number of alkyl halides is 1. The number of hydrogen-bond donors (Lipinski definition) is 1. The van der Waals surface area contributed by atoms with Gasteiger partial charge < -0.3 is 14.6 Å². The first-order valence-electron chi connectivity index (χ1n) is 5.29. The second kappa shape index (κ2) is 3.18. The van der Waals surface area contributed by atoms with Crippen molar-refractivity contribution in [2.45, 2.75) is 23.5 Å². The molecule has 3 fully saturated rings. The van der Waals surface area contributed by atoms with Crippen LogP contribution in [0.4, 0.5) is 0 Å². The molecule has 4 nitrogen and oxygen atoms in total. The molecule has 0 aromatic heterocycles. The van der Waals surface area contributed by atoms with Crippen LogP contribution in [0.5, 0.6) is 0 Å². The van der Waals surface area contributed by atoms with Crippen molar-refractivity contribution in [1.29, 1.82) is 0 Å². The van der Waals surface area contributed by atoms with E-state index >= 15 is 0 Å². The van der Waals surface area contributed by atoms with E-state index in [4.69, 9.17) is 9.47 Å². The Morgan fingerprint density at radius 3 is 2.60 bits per heavy atom. The van der Waals surface area contributed by atoms with Crippen LogP contribution in [-0.2, 0) is 14.3 Å². The molecular weight excluding hydrogens is 264 g/mol. The lowest BCUT2D eigenvalue weighted by Crippen LogP contribution is -2.39. The topological polar surface area (TPSA) is 55.8 Å². The summed E-state index contributed by atoms with van der Waals surface area (Å²) < 4.78 is 11.3. The van der Waals surface area contributed by atoms with Crippen LogP contribution in [0.2, 0.25) is 0 Å². The van der Waals surface area contributed by atoms with Gasteiger partial charge in [0.25, 0.3) is 0 Å². The smallest absolute Gasteiger partial charge is 0.307 e. The first kappa shape index (κ1) is 10.1. The van der Waals surface area contributed by atoms with Crippen LogP contribution >= 0.6 is 15.9 Å². The van der Waals surface area contributed by atoms with Crippen molar-refractivity contribution in [3.63, 3.8) is 0 Å². The van der Waals surface area contributed by atoms with E-state index in [9.17, 15) is 9.90 Å². The van der Waals surface area contributed by atoms with Gasteiger partial charge in [0.1, 0.15) is 0 Å². The van der Waals surface area contributed by atoms with Crippen LogP contribution in [0.15, 0.2) is 0 Å². The van der Waals surface area contributed by atoms with Crippen molar-refractivity contribution >= 4 is 21.9 Å². The van der Waals surface area contributed by atoms with Crippen LogP contribution in [-0.4, -0.2) is 34.9 Å². The van der Waals surface area contributed by atoms with E-state index in [-0.39, 0.29) is 17.8 Å². The van der Waals surface area contributed by atoms with Crippen LogP contribution in [0, 0.1) is 17.8 Å². The molecule has 15 heavy (non-hydrogen) atoms. The van der Waals surface area contributed by atoms with Crippen LogP contribution in [0.1, 0.15) is 12.8 Å². The summed E-state index contributed by atoms with van der Waals surface area (Å²) in [6.45, 7) is 1.20. The molecule has 2 saturated carbocycles. The van der Waals surface area contributed by atoms with Gasteiger partial charge in [0.2, 0.25) is 0 Å². The minimum absolute atomic E-state index is 0.0203. The summed E-state index contributed by atoms with van der Waals surface area (Å²) in [4.78, 5) is 11.5. The Morgan fingerprint density at radius 2 is 2.07 bits per heavy atom. The van der Waals surface area contributed by atoms with Gasteiger partial charge in [0.15, 0.2) is 5.79 Å². The highest BCUT2D eigenvalue weighted by Gasteiger charge is 2.65. The lowest BCUT2D eigenvalue weighted by Gasteiger charge is -2.33. The van der Waals surface area contributed by atoms with Crippen LogP contribution in [0.3, 0.4) is 0 Å². The maximum Gasteiger partial charge on any atom is 0.307 e. The molecule has 4 atom stereocenters. The van der Waals surface area contributed by atoms with E-state index in [2.05, 4.69) is 15.9 Å². The van der Waals surface area contributed by atoms with Crippen LogP contribution < -0.4 is 0 Å². The van der Waals surface area contributed by atoms with Gasteiger partial charge in [-0.25, -0.2) is 0 Å². The summed E-state index contributed by atoms with van der Waals surface area (Å²) in [5, 5.41) is 9.22. The number of rotatable bonds is 1. The normalized spacial score (nSPS) is 46.5. The monoisotopic (exact) mass is 276 g/mol. The fourth-order valence-corrected chi connectivity index (χ4v) is 4.35. The highest BCUT2D eigenvalue weighted by molar-refractivity contribution is 9.09. The van der Waals surface area contributed by atoms with Gasteiger partial charge in [0, 0.05) is 17.2 Å². The van der Waals surface area contributed by atoms with Crippen molar-refractivity contribution in [2.75, 3.05) is 13.2 Å². The summed E-state index contributed by atoms with van der Waals surface area (Å²) >= 11 is 3.56. The fraction of sp³-hybridized carbons (Fsp3) is 0.900. The number of ether oxygens (including phenoxy) is 2. The van der Waals surface area contributed by atoms with Gasteiger partial charge in [-0.15, -0.1) is 0 Å². The predicted octanol–water partition coefficient (Wildman–Crippen LogP) is 1.23. The Kier molecular flexibility index (Phi) is 2.13. The molecule has 0 aromatic rings. The molecule has 1 saturated heterocycles. The molecule has 1 aliphatic heterocycles. The Balaban J connectivity index is 1.92. The van der Waals surface area contributed by atoms with Crippen molar-refractivity contribution in [3.05, 3.63) is 0 Å². The van der Waals surface area contributed by atoms with Gasteiger partial charge in [-0.1, -0.05) is 15.9 Å². The van der Waals surface area contributed by atoms with Crippen molar-refractivity contribution in [3.8, 4) is 0 Å². The highest BCUT2D eigenvalue weighted by Crippen LogP contribution is 2.59. The largest absolute Gasteiger partial charge is 0.481 e. The number of halogens is 1. The summed E-state index contributed by atoms with van der Waals surface area (Å²) in [7, 11) is 0. The third-order valence-corrected chi connectivity index (χ3v) is 5.04. The van der Waals surface area contributed by atoms with Gasteiger partial charge in [0.05, 0.1) is 19.1 Å². The predicted molar refractivity (Wildman–Crippen MR) is 54.7 cm³/mol.